The van der Waals surface area contributed by atoms with Crippen LogP contribution in [0.5, 0.6) is 0 Å². The van der Waals surface area contributed by atoms with Crippen molar-refractivity contribution in [3.05, 3.63) is 35.9 Å². The Hall–Kier alpha value is -2.10. The van der Waals surface area contributed by atoms with Crippen molar-refractivity contribution in [3.63, 3.8) is 0 Å². The zero-order valence-corrected chi connectivity index (χ0v) is 11.8. The molecule has 0 saturated heterocycles. The van der Waals surface area contributed by atoms with Gasteiger partial charge in [-0.3, -0.25) is 4.79 Å². The van der Waals surface area contributed by atoms with Gasteiger partial charge >= 0.3 is 5.97 Å². The maximum atomic E-state index is 11.8. The summed E-state index contributed by atoms with van der Waals surface area (Å²) in [5, 5.41) is 2.89. The first-order chi connectivity index (χ1) is 9.60. The smallest absolute Gasteiger partial charge is 0.330 e. The highest BCUT2D eigenvalue weighted by Gasteiger charge is 2.38. The quantitative estimate of drug-likeness (QED) is 0.663. The lowest BCUT2D eigenvalue weighted by Gasteiger charge is -2.04. The van der Waals surface area contributed by atoms with Gasteiger partial charge in [0.2, 0.25) is 5.91 Å². The van der Waals surface area contributed by atoms with Gasteiger partial charge in [-0.2, -0.15) is 0 Å². The molecule has 1 aliphatic rings. The van der Waals surface area contributed by atoms with Gasteiger partial charge in [0.05, 0.1) is 6.61 Å². The minimum atomic E-state index is -0.354. The van der Waals surface area contributed by atoms with E-state index in [0.29, 0.717) is 12.5 Å². The van der Waals surface area contributed by atoms with E-state index in [4.69, 9.17) is 4.74 Å². The lowest BCUT2D eigenvalue weighted by molar-refractivity contribution is -0.137. The minimum absolute atomic E-state index is 0.0901. The molecule has 2 rings (SSSR count). The Balaban J connectivity index is 1.89. The first kappa shape index (κ1) is 14.3. The number of hydrogen-bond donors (Lipinski definition) is 1. The summed E-state index contributed by atoms with van der Waals surface area (Å²) in [4.78, 5) is 22.9. The summed E-state index contributed by atoms with van der Waals surface area (Å²) in [7, 11) is 0. The fourth-order valence-corrected chi connectivity index (χ4v) is 1.95. The van der Waals surface area contributed by atoms with E-state index in [-0.39, 0.29) is 17.8 Å². The first-order valence-electron chi connectivity index (χ1n) is 6.86. The molecule has 2 atom stereocenters. The molecule has 4 heteroatoms. The molecule has 1 aromatic carbocycles. The standard InChI is InChI=1S/C16H19NO3/c1-3-20-15(18)9-6-12-4-7-13(8-5-12)17-16(19)14-10-11(14)2/h4-9,11,14H,3,10H2,1-2H3,(H,17,19)/b9-6+. The second kappa shape index (κ2) is 6.37. The van der Waals surface area contributed by atoms with Crippen molar-refractivity contribution in [1.82, 2.24) is 0 Å². The molecule has 0 bridgehead atoms. The van der Waals surface area contributed by atoms with Gasteiger partial charge in [0.25, 0.3) is 0 Å². The second-order valence-corrected chi connectivity index (χ2v) is 5.02. The number of rotatable bonds is 5. The first-order valence-corrected chi connectivity index (χ1v) is 6.86. The van der Waals surface area contributed by atoms with Crippen molar-refractivity contribution < 1.29 is 14.3 Å². The summed E-state index contributed by atoms with van der Waals surface area (Å²) < 4.78 is 4.80. The van der Waals surface area contributed by atoms with Crippen LogP contribution in [0.1, 0.15) is 25.8 Å². The summed E-state index contributed by atoms with van der Waals surface area (Å²) in [6.45, 7) is 4.21. The van der Waals surface area contributed by atoms with Crippen molar-refractivity contribution in [2.24, 2.45) is 11.8 Å². The molecule has 1 amide bonds. The summed E-state index contributed by atoms with van der Waals surface area (Å²) >= 11 is 0. The molecule has 0 aliphatic heterocycles. The molecule has 1 aliphatic carbocycles. The van der Waals surface area contributed by atoms with Gasteiger partial charge in [-0.15, -0.1) is 0 Å². The average molecular weight is 273 g/mol. The highest BCUT2D eigenvalue weighted by atomic mass is 16.5. The lowest BCUT2D eigenvalue weighted by Crippen LogP contribution is -2.14. The highest BCUT2D eigenvalue weighted by molar-refractivity contribution is 5.94. The number of ether oxygens (including phenoxy) is 1. The molecule has 1 aromatic rings. The third-order valence-electron chi connectivity index (χ3n) is 3.32. The van der Waals surface area contributed by atoms with E-state index < -0.39 is 0 Å². The summed E-state index contributed by atoms with van der Waals surface area (Å²) in [6.07, 6.45) is 4.06. The number of hydrogen-bond acceptors (Lipinski definition) is 3. The van der Waals surface area contributed by atoms with E-state index in [9.17, 15) is 9.59 Å². The number of anilines is 1. The molecule has 0 spiro atoms. The molecule has 0 aromatic heterocycles. The molecule has 2 unspecified atom stereocenters. The van der Waals surface area contributed by atoms with Crippen LogP contribution in [0.4, 0.5) is 5.69 Å². The Morgan fingerprint density at radius 2 is 2.00 bits per heavy atom. The van der Waals surface area contributed by atoms with Crippen LogP contribution in [-0.4, -0.2) is 18.5 Å². The van der Waals surface area contributed by atoms with Crippen LogP contribution in [0, 0.1) is 11.8 Å². The number of carbonyl (C=O) groups is 2. The SMILES string of the molecule is CCOC(=O)/C=C/c1ccc(NC(=O)C2CC2C)cc1. The lowest BCUT2D eigenvalue weighted by atomic mass is 10.2. The van der Waals surface area contributed by atoms with Gasteiger partial charge < -0.3 is 10.1 Å². The Kier molecular flexibility index (Phi) is 4.56. The van der Waals surface area contributed by atoms with Crippen molar-refractivity contribution in [2.45, 2.75) is 20.3 Å². The topological polar surface area (TPSA) is 55.4 Å². The normalized spacial score (nSPS) is 20.7. The molecule has 1 saturated carbocycles. The molecule has 20 heavy (non-hydrogen) atoms. The van der Waals surface area contributed by atoms with E-state index in [1.807, 2.05) is 24.3 Å². The Bertz CT molecular complexity index is 519. The van der Waals surface area contributed by atoms with Crippen molar-refractivity contribution >= 4 is 23.6 Å². The molecule has 4 nitrogen and oxygen atoms in total. The monoisotopic (exact) mass is 273 g/mol. The molecule has 0 heterocycles. The van der Waals surface area contributed by atoms with Crippen LogP contribution >= 0.6 is 0 Å². The third kappa shape index (κ3) is 3.95. The summed E-state index contributed by atoms with van der Waals surface area (Å²) in [6, 6.07) is 7.36. The molecule has 1 N–H and O–H groups in total. The molecule has 1 fully saturated rings. The number of amides is 1. The number of carbonyl (C=O) groups excluding carboxylic acids is 2. The zero-order valence-electron chi connectivity index (χ0n) is 11.8. The molecule has 0 radical (unpaired) electrons. The fourth-order valence-electron chi connectivity index (χ4n) is 1.95. The number of benzene rings is 1. The highest BCUT2D eigenvalue weighted by Crippen LogP contribution is 2.38. The Morgan fingerprint density at radius 1 is 1.35 bits per heavy atom. The van der Waals surface area contributed by atoms with Gasteiger partial charge in [-0.05, 0) is 43.0 Å². The predicted molar refractivity (Wildman–Crippen MR) is 78.0 cm³/mol. The van der Waals surface area contributed by atoms with Crippen LogP contribution in [0.25, 0.3) is 6.08 Å². The average Bonchev–Trinajstić information content (AvgIpc) is 3.16. The molecule has 106 valence electrons. The molecular formula is C16H19NO3. The van der Waals surface area contributed by atoms with E-state index in [0.717, 1.165) is 17.7 Å². The second-order valence-electron chi connectivity index (χ2n) is 5.02. The molecular weight excluding hydrogens is 254 g/mol. The van der Waals surface area contributed by atoms with Crippen LogP contribution in [0.2, 0.25) is 0 Å². The van der Waals surface area contributed by atoms with Gasteiger partial charge in [0, 0.05) is 17.7 Å². The number of nitrogens with one attached hydrogen (secondary N) is 1. The van der Waals surface area contributed by atoms with Gasteiger partial charge in [-0.1, -0.05) is 19.1 Å². The Morgan fingerprint density at radius 3 is 2.55 bits per heavy atom. The van der Waals surface area contributed by atoms with Gasteiger partial charge in [0.1, 0.15) is 0 Å². The van der Waals surface area contributed by atoms with Crippen molar-refractivity contribution in [2.75, 3.05) is 11.9 Å². The Labute approximate surface area is 118 Å². The maximum absolute atomic E-state index is 11.8. The van der Waals surface area contributed by atoms with Crippen molar-refractivity contribution in [3.8, 4) is 0 Å². The van der Waals surface area contributed by atoms with E-state index in [1.54, 1.807) is 13.0 Å². The van der Waals surface area contributed by atoms with Gasteiger partial charge in [-0.25, -0.2) is 4.79 Å². The van der Waals surface area contributed by atoms with E-state index in [1.165, 1.54) is 6.08 Å². The summed E-state index contributed by atoms with van der Waals surface area (Å²) in [5.74, 6) is 0.403. The number of esters is 1. The minimum Gasteiger partial charge on any atom is -0.463 e. The van der Waals surface area contributed by atoms with Crippen molar-refractivity contribution in [1.29, 1.82) is 0 Å². The maximum Gasteiger partial charge on any atom is 0.330 e. The fraction of sp³-hybridized carbons (Fsp3) is 0.375. The van der Waals surface area contributed by atoms with E-state index in [2.05, 4.69) is 12.2 Å². The van der Waals surface area contributed by atoms with Crippen LogP contribution in [0.3, 0.4) is 0 Å². The van der Waals surface area contributed by atoms with Crippen LogP contribution in [0.15, 0.2) is 30.3 Å². The predicted octanol–water partition coefficient (Wildman–Crippen LogP) is 2.86. The van der Waals surface area contributed by atoms with Crippen LogP contribution < -0.4 is 5.32 Å². The van der Waals surface area contributed by atoms with Gasteiger partial charge in [0.15, 0.2) is 0 Å². The largest absolute Gasteiger partial charge is 0.463 e. The summed E-state index contributed by atoms with van der Waals surface area (Å²) in [5.41, 5.74) is 1.67. The third-order valence-corrected chi connectivity index (χ3v) is 3.32. The zero-order chi connectivity index (χ0) is 14.5. The van der Waals surface area contributed by atoms with Crippen LogP contribution in [-0.2, 0) is 14.3 Å². The van der Waals surface area contributed by atoms with E-state index >= 15 is 0 Å².